The Kier molecular flexibility index (Phi) is 3.72. The molecule has 0 spiro atoms. The minimum atomic E-state index is -0.000695. The van der Waals surface area contributed by atoms with Crippen molar-refractivity contribution in [3.05, 3.63) is 23.8 Å². The van der Waals surface area contributed by atoms with Crippen molar-refractivity contribution < 1.29 is 14.6 Å². The van der Waals surface area contributed by atoms with E-state index in [-0.39, 0.29) is 17.5 Å². The minimum absolute atomic E-state index is 0.000695. The van der Waals surface area contributed by atoms with Gasteiger partial charge < -0.3 is 9.84 Å². The van der Waals surface area contributed by atoms with Gasteiger partial charge in [-0.3, -0.25) is 4.79 Å². The van der Waals surface area contributed by atoms with Gasteiger partial charge in [0.05, 0.1) is 7.11 Å². The molecule has 1 N–H and O–H groups in total. The molecule has 1 unspecified atom stereocenters. The van der Waals surface area contributed by atoms with E-state index in [4.69, 9.17) is 4.74 Å². The first-order valence-electron chi connectivity index (χ1n) is 4.91. The zero-order chi connectivity index (χ0) is 11.4. The third kappa shape index (κ3) is 2.98. The quantitative estimate of drug-likeness (QED) is 0.824. The van der Waals surface area contributed by atoms with E-state index < -0.39 is 0 Å². The van der Waals surface area contributed by atoms with Gasteiger partial charge in [-0.1, -0.05) is 13.0 Å². The highest BCUT2D eigenvalue weighted by molar-refractivity contribution is 5.78. The minimum Gasteiger partial charge on any atom is -0.504 e. The summed E-state index contributed by atoms with van der Waals surface area (Å²) < 4.78 is 4.99. The molecule has 0 aliphatic carbocycles. The van der Waals surface area contributed by atoms with E-state index in [1.54, 1.807) is 25.1 Å². The summed E-state index contributed by atoms with van der Waals surface area (Å²) in [7, 11) is 1.51. The molecule has 1 aromatic carbocycles. The highest BCUT2D eigenvalue weighted by Crippen LogP contribution is 2.27. The molecule has 0 amide bonds. The summed E-state index contributed by atoms with van der Waals surface area (Å²) in [6, 6.07) is 5.15. The van der Waals surface area contributed by atoms with Gasteiger partial charge >= 0.3 is 0 Å². The van der Waals surface area contributed by atoms with Crippen LogP contribution in [0.5, 0.6) is 11.5 Å². The van der Waals surface area contributed by atoms with E-state index in [1.807, 2.05) is 6.92 Å². The Balaban J connectivity index is 2.83. The summed E-state index contributed by atoms with van der Waals surface area (Å²) in [4.78, 5) is 11.1. The number of ether oxygens (including phenoxy) is 1. The van der Waals surface area contributed by atoms with E-state index in [2.05, 4.69) is 0 Å². The molecule has 1 rings (SSSR count). The van der Waals surface area contributed by atoms with Crippen LogP contribution >= 0.6 is 0 Å². The lowest BCUT2D eigenvalue weighted by atomic mass is 9.98. The number of aromatic hydroxyl groups is 1. The second-order valence-corrected chi connectivity index (χ2v) is 3.72. The van der Waals surface area contributed by atoms with Crippen LogP contribution in [0.3, 0.4) is 0 Å². The standard InChI is InChI=1S/C12H16O3/c1-8(9(2)13)6-10-4-5-11(14)12(7-10)15-3/h4-5,7-8,14H,6H2,1-3H3. The van der Waals surface area contributed by atoms with Gasteiger partial charge in [-0.25, -0.2) is 0 Å². The molecule has 0 saturated heterocycles. The van der Waals surface area contributed by atoms with Crippen molar-refractivity contribution in [2.75, 3.05) is 7.11 Å². The molecule has 15 heavy (non-hydrogen) atoms. The average Bonchev–Trinajstić information content (AvgIpc) is 2.20. The normalized spacial score (nSPS) is 12.2. The summed E-state index contributed by atoms with van der Waals surface area (Å²) >= 11 is 0. The van der Waals surface area contributed by atoms with Gasteiger partial charge in [0.25, 0.3) is 0 Å². The number of ketones is 1. The molecular formula is C12H16O3. The van der Waals surface area contributed by atoms with Gasteiger partial charge in [0, 0.05) is 5.92 Å². The second kappa shape index (κ2) is 4.82. The van der Waals surface area contributed by atoms with Crippen LogP contribution in [-0.2, 0) is 11.2 Å². The van der Waals surface area contributed by atoms with Crippen molar-refractivity contribution in [2.24, 2.45) is 5.92 Å². The number of Topliss-reactive ketones (excluding diaryl/α,β-unsaturated/α-hetero) is 1. The number of benzene rings is 1. The number of rotatable bonds is 4. The van der Waals surface area contributed by atoms with Crippen molar-refractivity contribution in [2.45, 2.75) is 20.3 Å². The topological polar surface area (TPSA) is 46.5 Å². The number of methoxy groups -OCH3 is 1. The van der Waals surface area contributed by atoms with Crippen LogP contribution in [0.25, 0.3) is 0 Å². The number of carbonyl (C=O) groups is 1. The summed E-state index contributed by atoms with van der Waals surface area (Å²) in [5, 5.41) is 9.39. The van der Waals surface area contributed by atoms with Crippen molar-refractivity contribution in [3.63, 3.8) is 0 Å². The van der Waals surface area contributed by atoms with Crippen LogP contribution in [0.2, 0.25) is 0 Å². The van der Waals surface area contributed by atoms with Gasteiger partial charge in [-0.05, 0) is 31.0 Å². The average molecular weight is 208 g/mol. The van der Waals surface area contributed by atoms with Gasteiger partial charge in [-0.2, -0.15) is 0 Å². The zero-order valence-electron chi connectivity index (χ0n) is 9.28. The number of phenolic OH excluding ortho intramolecular Hbond substituents is 1. The summed E-state index contributed by atoms with van der Waals surface area (Å²) in [6.45, 7) is 3.48. The van der Waals surface area contributed by atoms with Gasteiger partial charge in [0.2, 0.25) is 0 Å². The maximum Gasteiger partial charge on any atom is 0.160 e. The van der Waals surface area contributed by atoms with Gasteiger partial charge in [0.1, 0.15) is 5.78 Å². The molecule has 0 fully saturated rings. The predicted molar refractivity (Wildman–Crippen MR) is 58.2 cm³/mol. The fraction of sp³-hybridized carbons (Fsp3) is 0.417. The van der Waals surface area contributed by atoms with E-state index in [0.717, 1.165) is 5.56 Å². The highest BCUT2D eigenvalue weighted by Gasteiger charge is 2.10. The number of phenols is 1. The molecule has 0 aliphatic heterocycles. The van der Waals surface area contributed by atoms with E-state index in [9.17, 15) is 9.90 Å². The molecule has 1 atom stereocenters. The Bertz CT molecular complexity index is 358. The Hall–Kier alpha value is -1.51. The SMILES string of the molecule is COc1cc(CC(C)C(C)=O)ccc1O. The highest BCUT2D eigenvalue weighted by atomic mass is 16.5. The van der Waals surface area contributed by atoms with Crippen molar-refractivity contribution in [1.29, 1.82) is 0 Å². The Labute approximate surface area is 89.7 Å². The lowest BCUT2D eigenvalue weighted by Crippen LogP contribution is -2.09. The molecule has 3 nitrogen and oxygen atoms in total. The molecule has 0 radical (unpaired) electrons. The third-order valence-corrected chi connectivity index (χ3v) is 2.48. The maximum atomic E-state index is 11.1. The molecule has 3 heteroatoms. The van der Waals surface area contributed by atoms with Gasteiger partial charge in [0.15, 0.2) is 11.5 Å². The fourth-order valence-electron chi connectivity index (χ4n) is 1.35. The zero-order valence-corrected chi connectivity index (χ0v) is 9.28. The first kappa shape index (κ1) is 11.6. The first-order valence-corrected chi connectivity index (χ1v) is 4.91. The summed E-state index contributed by atoms with van der Waals surface area (Å²) in [6.07, 6.45) is 0.673. The predicted octanol–water partition coefficient (Wildman–Crippen LogP) is 2.17. The summed E-state index contributed by atoms with van der Waals surface area (Å²) in [5.41, 5.74) is 0.993. The van der Waals surface area contributed by atoms with Gasteiger partial charge in [-0.15, -0.1) is 0 Å². The van der Waals surface area contributed by atoms with Crippen LogP contribution in [0, 0.1) is 5.92 Å². The summed E-state index contributed by atoms with van der Waals surface area (Å²) in [5.74, 6) is 0.737. The number of hydrogen-bond donors (Lipinski definition) is 1. The van der Waals surface area contributed by atoms with E-state index >= 15 is 0 Å². The molecule has 82 valence electrons. The maximum absolute atomic E-state index is 11.1. The number of carbonyl (C=O) groups excluding carboxylic acids is 1. The monoisotopic (exact) mass is 208 g/mol. The molecule has 0 saturated carbocycles. The lowest BCUT2D eigenvalue weighted by Gasteiger charge is -2.09. The molecule has 0 aliphatic rings. The molecule has 0 aromatic heterocycles. The Morgan fingerprint density at radius 1 is 1.53 bits per heavy atom. The largest absolute Gasteiger partial charge is 0.504 e. The van der Waals surface area contributed by atoms with Crippen LogP contribution in [0.4, 0.5) is 0 Å². The van der Waals surface area contributed by atoms with E-state index in [0.29, 0.717) is 12.2 Å². The number of hydrogen-bond acceptors (Lipinski definition) is 3. The Morgan fingerprint density at radius 2 is 2.20 bits per heavy atom. The third-order valence-electron chi connectivity index (χ3n) is 2.48. The molecule has 0 heterocycles. The van der Waals surface area contributed by atoms with Crippen LogP contribution in [-0.4, -0.2) is 18.0 Å². The van der Waals surface area contributed by atoms with Crippen molar-refractivity contribution >= 4 is 5.78 Å². The first-order chi connectivity index (χ1) is 7.04. The molecule has 1 aromatic rings. The smallest absolute Gasteiger partial charge is 0.160 e. The lowest BCUT2D eigenvalue weighted by molar-refractivity contribution is -0.120. The second-order valence-electron chi connectivity index (χ2n) is 3.72. The Morgan fingerprint density at radius 3 is 2.73 bits per heavy atom. The van der Waals surface area contributed by atoms with Crippen LogP contribution < -0.4 is 4.74 Å². The molecule has 0 bridgehead atoms. The van der Waals surface area contributed by atoms with Crippen LogP contribution in [0.15, 0.2) is 18.2 Å². The molecular weight excluding hydrogens is 192 g/mol. The van der Waals surface area contributed by atoms with E-state index in [1.165, 1.54) is 7.11 Å². The van der Waals surface area contributed by atoms with Crippen molar-refractivity contribution in [1.82, 2.24) is 0 Å². The fourth-order valence-corrected chi connectivity index (χ4v) is 1.35. The van der Waals surface area contributed by atoms with Crippen molar-refractivity contribution in [3.8, 4) is 11.5 Å². The van der Waals surface area contributed by atoms with Crippen LogP contribution in [0.1, 0.15) is 19.4 Å².